The van der Waals surface area contributed by atoms with Crippen molar-refractivity contribution in [3.8, 4) is 0 Å². The first-order valence-electron chi connectivity index (χ1n) is 8.03. The number of likely N-dealkylation sites (tertiary alicyclic amines) is 1. The van der Waals surface area contributed by atoms with Gasteiger partial charge in [0.1, 0.15) is 11.6 Å². The Kier molecular flexibility index (Phi) is 6.29. The number of anilines is 1. The number of benzene rings is 1. The number of nitrogens with two attached hydrogens (primary N) is 1. The van der Waals surface area contributed by atoms with Crippen LogP contribution in [0.3, 0.4) is 0 Å². The van der Waals surface area contributed by atoms with Crippen molar-refractivity contribution in [3.05, 3.63) is 29.8 Å². The Labute approximate surface area is 136 Å². The number of hydrogen-bond donors (Lipinski definition) is 3. The Morgan fingerprint density at radius 3 is 2.35 bits per heavy atom. The van der Waals surface area contributed by atoms with Crippen LogP contribution in [0.25, 0.3) is 0 Å². The first kappa shape index (κ1) is 17.1. The Balaban J connectivity index is 1.71. The number of amides is 1. The van der Waals surface area contributed by atoms with Crippen molar-refractivity contribution in [2.45, 2.75) is 32.1 Å². The summed E-state index contributed by atoms with van der Waals surface area (Å²) in [5, 5.41) is 10.1. The molecule has 2 rings (SSSR count). The van der Waals surface area contributed by atoms with E-state index in [1.54, 1.807) is 24.3 Å². The van der Waals surface area contributed by atoms with Crippen molar-refractivity contribution in [2.24, 2.45) is 5.73 Å². The molecular weight excluding hydrogens is 292 g/mol. The number of piperidine rings is 1. The fourth-order valence-electron chi connectivity index (χ4n) is 2.66. The second-order valence-corrected chi connectivity index (χ2v) is 5.91. The van der Waals surface area contributed by atoms with E-state index in [0.717, 1.165) is 25.9 Å². The minimum Gasteiger partial charge on any atom is -0.384 e. The van der Waals surface area contributed by atoms with Gasteiger partial charge in [0.2, 0.25) is 5.91 Å². The molecule has 0 aliphatic carbocycles. The molecule has 4 N–H and O–H groups in total. The average molecular weight is 316 g/mol. The molecule has 0 aromatic heterocycles. The van der Waals surface area contributed by atoms with Crippen LogP contribution in [0, 0.1) is 5.41 Å². The first-order chi connectivity index (χ1) is 11.0. The van der Waals surface area contributed by atoms with Crippen LogP contribution in [0.15, 0.2) is 24.3 Å². The molecular formula is C17H24N4O2. The number of nitrogens with zero attached hydrogens (tertiary/aromatic N) is 1. The first-order valence-corrected chi connectivity index (χ1v) is 8.03. The van der Waals surface area contributed by atoms with E-state index in [2.05, 4.69) is 10.2 Å². The minimum atomic E-state index is -0.174. The molecule has 1 saturated heterocycles. The summed E-state index contributed by atoms with van der Waals surface area (Å²) < 4.78 is 0. The van der Waals surface area contributed by atoms with E-state index in [1.165, 1.54) is 6.42 Å². The lowest BCUT2D eigenvalue weighted by molar-refractivity contribution is -0.123. The van der Waals surface area contributed by atoms with Crippen molar-refractivity contribution < 1.29 is 9.59 Å². The van der Waals surface area contributed by atoms with E-state index in [0.29, 0.717) is 17.8 Å². The summed E-state index contributed by atoms with van der Waals surface area (Å²) in [7, 11) is 0. The zero-order valence-electron chi connectivity index (χ0n) is 13.3. The fourth-order valence-corrected chi connectivity index (χ4v) is 2.66. The minimum absolute atomic E-state index is 0.00816. The SMILES string of the molecule is N=C(N)c1ccc(NC(=O)CCC(=O)CN2CCCCC2)cc1. The second kappa shape index (κ2) is 8.43. The summed E-state index contributed by atoms with van der Waals surface area (Å²) in [5.74, 6) is -0.0623. The topological polar surface area (TPSA) is 99.3 Å². The average Bonchev–Trinajstić information content (AvgIpc) is 2.54. The third-order valence-corrected chi connectivity index (χ3v) is 3.96. The molecule has 6 heteroatoms. The highest BCUT2D eigenvalue weighted by atomic mass is 16.2. The van der Waals surface area contributed by atoms with Gasteiger partial charge in [0, 0.05) is 24.1 Å². The summed E-state index contributed by atoms with van der Waals surface area (Å²) in [6.07, 6.45) is 4.03. The highest BCUT2D eigenvalue weighted by molar-refractivity contribution is 5.97. The summed E-state index contributed by atoms with van der Waals surface area (Å²) in [5.41, 5.74) is 6.63. The maximum atomic E-state index is 11.9. The molecule has 1 aliphatic rings. The summed E-state index contributed by atoms with van der Waals surface area (Å²) in [4.78, 5) is 26.0. The van der Waals surface area contributed by atoms with Crippen molar-refractivity contribution >= 4 is 23.2 Å². The van der Waals surface area contributed by atoms with Gasteiger partial charge in [-0.2, -0.15) is 0 Å². The van der Waals surface area contributed by atoms with Gasteiger partial charge in [0.15, 0.2) is 0 Å². The molecule has 6 nitrogen and oxygen atoms in total. The van der Waals surface area contributed by atoms with Crippen LogP contribution in [-0.2, 0) is 9.59 Å². The lowest BCUT2D eigenvalue weighted by Crippen LogP contribution is -2.34. The number of carbonyl (C=O) groups excluding carboxylic acids is 2. The van der Waals surface area contributed by atoms with E-state index in [9.17, 15) is 9.59 Å². The van der Waals surface area contributed by atoms with Gasteiger partial charge < -0.3 is 11.1 Å². The molecule has 1 aromatic carbocycles. The van der Waals surface area contributed by atoms with Crippen LogP contribution in [0.5, 0.6) is 0 Å². The summed E-state index contributed by atoms with van der Waals surface area (Å²) >= 11 is 0. The summed E-state index contributed by atoms with van der Waals surface area (Å²) in [6, 6.07) is 6.76. The van der Waals surface area contributed by atoms with Gasteiger partial charge in [-0.25, -0.2) is 0 Å². The lowest BCUT2D eigenvalue weighted by atomic mass is 10.1. The van der Waals surface area contributed by atoms with Crippen molar-refractivity contribution in [1.29, 1.82) is 5.41 Å². The Bertz CT molecular complexity index is 562. The highest BCUT2D eigenvalue weighted by Crippen LogP contribution is 2.11. The predicted molar refractivity (Wildman–Crippen MR) is 90.6 cm³/mol. The van der Waals surface area contributed by atoms with Crippen LogP contribution in [0.4, 0.5) is 5.69 Å². The molecule has 23 heavy (non-hydrogen) atoms. The number of ketones is 1. The molecule has 0 atom stereocenters. The van der Waals surface area contributed by atoms with E-state index in [-0.39, 0.29) is 30.4 Å². The molecule has 1 fully saturated rings. The molecule has 0 unspecified atom stereocenters. The van der Waals surface area contributed by atoms with Crippen LogP contribution in [-0.4, -0.2) is 42.1 Å². The molecule has 1 aromatic rings. The molecule has 0 radical (unpaired) electrons. The van der Waals surface area contributed by atoms with Gasteiger partial charge in [-0.05, 0) is 50.2 Å². The van der Waals surface area contributed by atoms with Gasteiger partial charge in [-0.1, -0.05) is 6.42 Å². The van der Waals surface area contributed by atoms with Crippen LogP contribution >= 0.6 is 0 Å². The number of nitrogens with one attached hydrogen (secondary N) is 2. The molecule has 1 heterocycles. The molecule has 0 saturated carbocycles. The van der Waals surface area contributed by atoms with E-state index in [4.69, 9.17) is 11.1 Å². The standard InChI is InChI=1S/C17H24N4O2/c18-17(19)13-4-6-14(7-5-13)20-16(23)9-8-15(22)12-21-10-2-1-3-11-21/h4-7H,1-3,8-12H2,(H3,18,19)(H,20,23). The monoisotopic (exact) mass is 316 g/mol. The number of nitrogen functional groups attached to an aromatic ring is 1. The zero-order valence-corrected chi connectivity index (χ0v) is 13.3. The van der Waals surface area contributed by atoms with Crippen LogP contribution < -0.4 is 11.1 Å². The number of carbonyl (C=O) groups is 2. The normalized spacial score (nSPS) is 15.1. The van der Waals surface area contributed by atoms with Crippen molar-refractivity contribution in [3.63, 3.8) is 0 Å². The van der Waals surface area contributed by atoms with Crippen LogP contribution in [0.1, 0.15) is 37.7 Å². The summed E-state index contributed by atoms with van der Waals surface area (Å²) in [6.45, 7) is 2.43. The molecule has 1 amide bonds. The quantitative estimate of drug-likeness (QED) is 0.527. The van der Waals surface area contributed by atoms with E-state index >= 15 is 0 Å². The fraction of sp³-hybridized carbons (Fsp3) is 0.471. The van der Waals surface area contributed by atoms with E-state index in [1.807, 2.05) is 0 Å². The second-order valence-electron chi connectivity index (χ2n) is 5.91. The number of Topliss-reactive ketones (excluding diaryl/α,β-unsaturated/α-hetero) is 1. The Hall–Kier alpha value is -2.21. The highest BCUT2D eigenvalue weighted by Gasteiger charge is 2.14. The molecule has 1 aliphatic heterocycles. The van der Waals surface area contributed by atoms with Gasteiger partial charge in [-0.15, -0.1) is 0 Å². The number of hydrogen-bond acceptors (Lipinski definition) is 4. The van der Waals surface area contributed by atoms with Gasteiger partial charge in [-0.3, -0.25) is 19.9 Å². The van der Waals surface area contributed by atoms with Gasteiger partial charge >= 0.3 is 0 Å². The van der Waals surface area contributed by atoms with Gasteiger partial charge in [0.25, 0.3) is 0 Å². The molecule has 0 bridgehead atoms. The maximum absolute atomic E-state index is 11.9. The zero-order chi connectivity index (χ0) is 16.7. The Morgan fingerprint density at radius 1 is 1.09 bits per heavy atom. The van der Waals surface area contributed by atoms with Crippen LogP contribution in [0.2, 0.25) is 0 Å². The largest absolute Gasteiger partial charge is 0.384 e. The molecule has 0 spiro atoms. The lowest BCUT2D eigenvalue weighted by Gasteiger charge is -2.25. The number of amidine groups is 1. The predicted octanol–water partition coefficient (Wildman–Crippen LogP) is 1.74. The van der Waals surface area contributed by atoms with Crippen molar-refractivity contribution in [2.75, 3.05) is 25.0 Å². The van der Waals surface area contributed by atoms with E-state index < -0.39 is 0 Å². The maximum Gasteiger partial charge on any atom is 0.224 e. The number of rotatable bonds is 7. The molecule has 124 valence electrons. The Morgan fingerprint density at radius 2 is 1.74 bits per heavy atom. The third-order valence-electron chi connectivity index (χ3n) is 3.96. The van der Waals surface area contributed by atoms with Crippen molar-refractivity contribution in [1.82, 2.24) is 4.90 Å². The third kappa shape index (κ3) is 5.83. The smallest absolute Gasteiger partial charge is 0.224 e. The van der Waals surface area contributed by atoms with Gasteiger partial charge in [0.05, 0.1) is 6.54 Å².